The monoisotopic (exact) mass is 332 g/mol. The molecule has 0 heterocycles. The number of rotatable bonds is 2. The Kier molecular flexibility index (Phi) is 6.09. The molecule has 3 aliphatic rings. The Morgan fingerprint density at radius 1 is 0.917 bits per heavy atom. The van der Waals surface area contributed by atoms with Gasteiger partial charge in [0.1, 0.15) is 5.78 Å². The molecule has 138 valence electrons. The van der Waals surface area contributed by atoms with Crippen molar-refractivity contribution in [2.24, 2.45) is 47.3 Å². The summed E-state index contributed by atoms with van der Waals surface area (Å²) in [6.45, 7) is 10.0. The van der Waals surface area contributed by atoms with Gasteiger partial charge in [0.05, 0.1) is 0 Å². The number of fused-ring (bicyclic) bond motifs is 1. The Morgan fingerprint density at radius 3 is 2.46 bits per heavy atom. The molecule has 3 saturated carbocycles. The smallest absolute Gasteiger partial charge is 0.133 e. The van der Waals surface area contributed by atoms with Crippen molar-refractivity contribution in [3.05, 3.63) is 0 Å². The van der Waals surface area contributed by atoms with Gasteiger partial charge in [-0.05, 0) is 73.0 Å². The molecule has 0 bridgehead atoms. The second-order valence-corrected chi connectivity index (χ2v) is 9.82. The third kappa shape index (κ3) is 3.75. The van der Waals surface area contributed by atoms with Crippen LogP contribution in [-0.2, 0) is 4.79 Å². The maximum absolute atomic E-state index is 11.9. The average molecular weight is 333 g/mol. The second-order valence-electron chi connectivity index (χ2n) is 9.82. The molecule has 8 unspecified atom stereocenters. The predicted octanol–water partition coefficient (Wildman–Crippen LogP) is 6.51. The zero-order valence-electron chi connectivity index (χ0n) is 16.6. The molecule has 1 heteroatoms. The molecule has 0 saturated heterocycles. The Balaban J connectivity index is 1.79. The van der Waals surface area contributed by atoms with E-state index in [0.717, 1.165) is 60.2 Å². The molecule has 1 nitrogen and oxygen atoms in total. The van der Waals surface area contributed by atoms with Crippen LogP contribution in [-0.4, -0.2) is 5.78 Å². The molecule has 0 N–H and O–H groups in total. The normalized spacial score (nSPS) is 47.6. The lowest BCUT2D eigenvalue weighted by Gasteiger charge is -2.51. The molecule has 3 aliphatic carbocycles. The number of carbonyl (C=O) groups excluding carboxylic acids is 1. The Bertz CT molecular complexity index is 428. The molecule has 0 aromatic carbocycles. The molecule has 0 aliphatic heterocycles. The SMILES string of the molecule is CCC1C2CCC(=O)CC2CCC1C1C(C)CCCC(C)CC1C. The molecule has 0 aromatic rings. The number of carbonyl (C=O) groups is 1. The van der Waals surface area contributed by atoms with Crippen LogP contribution in [0.3, 0.4) is 0 Å². The highest BCUT2D eigenvalue weighted by atomic mass is 16.1. The van der Waals surface area contributed by atoms with Crippen LogP contribution in [0.15, 0.2) is 0 Å². The van der Waals surface area contributed by atoms with Crippen molar-refractivity contribution < 1.29 is 4.79 Å². The van der Waals surface area contributed by atoms with E-state index in [1.165, 1.54) is 51.4 Å². The van der Waals surface area contributed by atoms with Crippen LogP contribution in [0.5, 0.6) is 0 Å². The quantitative estimate of drug-likeness (QED) is 0.563. The Labute approximate surface area is 150 Å². The lowest BCUT2D eigenvalue weighted by atomic mass is 9.54. The average Bonchev–Trinajstić information content (AvgIpc) is 2.53. The summed E-state index contributed by atoms with van der Waals surface area (Å²) in [6.07, 6.45) is 12.8. The first-order valence-electron chi connectivity index (χ1n) is 11.0. The topological polar surface area (TPSA) is 17.1 Å². The fourth-order valence-corrected chi connectivity index (χ4v) is 7.31. The summed E-state index contributed by atoms with van der Waals surface area (Å²) >= 11 is 0. The third-order valence-electron chi connectivity index (χ3n) is 8.23. The largest absolute Gasteiger partial charge is 0.300 e. The van der Waals surface area contributed by atoms with Gasteiger partial charge in [-0.15, -0.1) is 0 Å². The first kappa shape index (κ1) is 18.5. The summed E-state index contributed by atoms with van der Waals surface area (Å²) in [5, 5.41) is 0. The fraction of sp³-hybridized carbons (Fsp3) is 0.957. The van der Waals surface area contributed by atoms with E-state index in [0.29, 0.717) is 5.78 Å². The number of ketones is 1. The Hall–Kier alpha value is -0.330. The standard InChI is InChI=1S/C23H40O/c1-5-20-21-12-10-19(24)14-18(21)9-11-22(20)23-16(3)8-6-7-15(2)13-17(23)4/h15-18,20-23H,5-14H2,1-4H3. The molecule has 0 radical (unpaired) electrons. The number of hydrogen-bond donors (Lipinski definition) is 0. The highest BCUT2D eigenvalue weighted by Gasteiger charge is 2.46. The predicted molar refractivity (Wildman–Crippen MR) is 102 cm³/mol. The van der Waals surface area contributed by atoms with Crippen molar-refractivity contribution in [1.82, 2.24) is 0 Å². The van der Waals surface area contributed by atoms with Crippen molar-refractivity contribution in [2.45, 2.75) is 91.9 Å². The minimum absolute atomic E-state index is 0.547. The van der Waals surface area contributed by atoms with Crippen LogP contribution in [0.2, 0.25) is 0 Å². The summed E-state index contributed by atoms with van der Waals surface area (Å²) < 4.78 is 0. The van der Waals surface area contributed by atoms with Gasteiger partial charge >= 0.3 is 0 Å². The van der Waals surface area contributed by atoms with Gasteiger partial charge in [-0.3, -0.25) is 4.79 Å². The van der Waals surface area contributed by atoms with Gasteiger partial charge in [0, 0.05) is 12.8 Å². The van der Waals surface area contributed by atoms with Crippen LogP contribution in [0.4, 0.5) is 0 Å². The zero-order chi connectivity index (χ0) is 17.3. The van der Waals surface area contributed by atoms with E-state index in [1.807, 2.05) is 0 Å². The van der Waals surface area contributed by atoms with E-state index < -0.39 is 0 Å². The first-order chi connectivity index (χ1) is 11.5. The van der Waals surface area contributed by atoms with E-state index in [-0.39, 0.29) is 0 Å². The summed E-state index contributed by atoms with van der Waals surface area (Å²) in [5.41, 5.74) is 0. The summed E-state index contributed by atoms with van der Waals surface area (Å²) in [4.78, 5) is 11.9. The molecular weight excluding hydrogens is 292 g/mol. The summed E-state index contributed by atoms with van der Waals surface area (Å²) in [5.74, 6) is 7.57. The van der Waals surface area contributed by atoms with E-state index >= 15 is 0 Å². The highest BCUT2D eigenvalue weighted by molar-refractivity contribution is 5.79. The molecule has 8 atom stereocenters. The summed E-state index contributed by atoms with van der Waals surface area (Å²) in [7, 11) is 0. The van der Waals surface area contributed by atoms with Gasteiger partial charge in [0.25, 0.3) is 0 Å². The van der Waals surface area contributed by atoms with Gasteiger partial charge < -0.3 is 0 Å². The highest BCUT2D eigenvalue weighted by Crippen LogP contribution is 2.53. The van der Waals surface area contributed by atoms with Crippen molar-refractivity contribution in [3.8, 4) is 0 Å². The van der Waals surface area contributed by atoms with Crippen LogP contribution >= 0.6 is 0 Å². The van der Waals surface area contributed by atoms with Gasteiger partial charge in [-0.1, -0.05) is 53.4 Å². The molecule has 0 spiro atoms. The van der Waals surface area contributed by atoms with Gasteiger partial charge in [0.2, 0.25) is 0 Å². The van der Waals surface area contributed by atoms with Gasteiger partial charge in [-0.25, -0.2) is 0 Å². The van der Waals surface area contributed by atoms with E-state index in [1.54, 1.807) is 0 Å². The van der Waals surface area contributed by atoms with Crippen molar-refractivity contribution >= 4 is 5.78 Å². The maximum atomic E-state index is 11.9. The second kappa shape index (κ2) is 7.92. The first-order valence-corrected chi connectivity index (χ1v) is 11.0. The number of Topliss-reactive ketones (excluding diaryl/α,β-unsaturated/α-hetero) is 1. The van der Waals surface area contributed by atoms with Gasteiger partial charge in [-0.2, -0.15) is 0 Å². The molecule has 3 fully saturated rings. The minimum atomic E-state index is 0.547. The molecule has 0 amide bonds. The molecule has 0 aromatic heterocycles. The maximum Gasteiger partial charge on any atom is 0.133 e. The lowest BCUT2D eigenvalue weighted by molar-refractivity contribution is -0.125. The molecular formula is C23H40O. The fourth-order valence-electron chi connectivity index (χ4n) is 7.31. The van der Waals surface area contributed by atoms with E-state index in [9.17, 15) is 4.79 Å². The lowest BCUT2D eigenvalue weighted by Crippen LogP contribution is -2.44. The van der Waals surface area contributed by atoms with Gasteiger partial charge in [0.15, 0.2) is 0 Å². The third-order valence-corrected chi connectivity index (χ3v) is 8.23. The van der Waals surface area contributed by atoms with Crippen molar-refractivity contribution in [1.29, 1.82) is 0 Å². The zero-order valence-corrected chi connectivity index (χ0v) is 16.6. The van der Waals surface area contributed by atoms with Crippen molar-refractivity contribution in [3.63, 3.8) is 0 Å². The Morgan fingerprint density at radius 2 is 1.71 bits per heavy atom. The van der Waals surface area contributed by atoms with E-state index in [2.05, 4.69) is 27.7 Å². The van der Waals surface area contributed by atoms with Crippen LogP contribution in [0.25, 0.3) is 0 Å². The van der Waals surface area contributed by atoms with Crippen LogP contribution in [0, 0.1) is 47.3 Å². The van der Waals surface area contributed by atoms with E-state index in [4.69, 9.17) is 0 Å². The van der Waals surface area contributed by atoms with Crippen LogP contribution in [0.1, 0.15) is 91.9 Å². The minimum Gasteiger partial charge on any atom is -0.300 e. The molecule has 24 heavy (non-hydrogen) atoms. The summed E-state index contributed by atoms with van der Waals surface area (Å²) in [6, 6.07) is 0. The van der Waals surface area contributed by atoms with Crippen LogP contribution < -0.4 is 0 Å². The van der Waals surface area contributed by atoms with Crippen molar-refractivity contribution in [2.75, 3.05) is 0 Å². The number of hydrogen-bond acceptors (Lipinski definition) is 1. The molecule has 3 rings (SSSR count).